The molecule has 0 bridgehead atoms. The standard InChI is InChI=1S/C13H10BrNO3/c14-8-1-2-9-7(5-8)6-10-13(9)18-11(15-10)3-4-12(16)17/h1-2,5H,3-4,6H2,(H,16,17). The SMILES string of the molecule is O=C(O)CCc1nc2c(o1)-c1ccc(Br)cc1C2. The minimum atomic E-state index is -0.835. The van der Waals surface area contributed by atoms with Gasteiger partial charge in [-0.2, -0.15) is 0 Å². The first-order valence-corrected chi connectivity index (χ1v) is 6.42. The molecule has 3 rings (SSSR count). The summed E-state index contributed by atoms with van der Waals surface area (Å²) in [6.07, 6.45) is 1.14. The second kappa shape index (κ2) is 4.24. The first-order valence-electron chi connectivity index (χ1n) is 5.62. The zero-order valence-electron chi connectivity index (χ0n) is 9.44. The molecule has 1 N–H and O–H groups in total. The summed E-state index contributed by atoms with van der Waals surface area (Å²) in [5.74, 6) is 0.464. The van der Waals surface area contributed by atoms with Crippen LogP contribution in [0.15, 0.2) is 27.1 Å². The van der Waals surface area contributed by atoms with Gasteiger partial charge in [-0.3, -0.25) is 4.79 Å². The van der Waals surface area contributed by atoms with E-state index >= 15 is 0 Å². The van der Waals surface area contributed by atoms with Gasteiger partial charge in [0, 0.05) is 22.9 Å². The highest BCUT2D eigenvalue weighted by Gasteiger charge is 2.25. The number of benzene rings is 1. The van der Waals surface area contributed by atoms with Gasteiger partial charge in [-0.1, -0.05) is 15.9 Å². The fraction of sp³-hybridized carbons (Fsp3) is 0.231. The van der Waals surface area contributed by atoms with Crippen molar-refractivity contribution in [2.24, 2.45) is 0 Å². The maximum Gasteiger partial charge on any atom is 0.303 e. The van der Waals surface area contributed by atoms with E-state index in [0.717, 1.165) is 27.9 Å². The smallest absolute Gasteiger partial charge is 0.303 e. The van der Waals surface area contributed by atoms with E-state index in [4.69, 9.17) is 9.52 Å². The highest BCUT2D eigenvalue weighted by molar-refractivity contribution is 9.10. The minimum absolute atomic E-state index is 0.0482. The molecule has 1 aromatic heterocycles. The van der Waals surface area contributed by atoms with Gasteiger partial charge in [0.2, 0.25) is 0 Å². The number of oxazole rings is 1. The molecule has 5 heteroatoms. The lowest BCUT2D eigenvalue weighted by atomic mass is 10.1. The Morgan fingerprint density at radius 3 is 3.11 bits per heavy atom. The molecule has 0 fully saturated rings. The van der Waals surface area contributed by atoms with Crippen LogP contribution in [0.2, 0.25) is 0 Å². The van der Waals surface area contributed by atoms with Crippen molar-refractivity contribution >= 4 is 21.9 Å². The van der Waals surface area contributed by atoms with Gasteiger partial charge in [-0.05, 0) is 23.8 Å². The minimum Gasteiger partial charge on any atom is -0.481 e. The number of aryl methyl sites for hydroxylation is 1. The lowest BCUT2D eigenvalue weighted by Gasteiger charge is -1.99. The summed E-state index contributed by atoms with van der Waals surface area (Å²) in [6.45, 7) is 0. The molecule has 18 heavy (non-hydrogen) atoms. The number of aromatic nitrogens is 1. The van der Waals surface area contributed by atoms with Crippen LogP contribution in [0.5, 0.6) is 0 Å². The van der Waals surface area contributed by atoms with Crippen molar-refractivity contribution < 1.29 is 14.3 Å². The van der Waals surface area contributed by atoms with Gasteiger partial charge in [-0.15, -0.1) is 0 Å². The number of aliphatic carboxylic acids is 1. The van der Waals surface area contributed by atoms with Gasteiger partial charge in [-0.25, -0.2) is 4.98 Å². The molecule has 0 amide bonds. The highest BCUT2D eigenvalue weighted by atomic mass is 79.9. The van der Waals surface area contributed by atoms with Gasteiger partial charge in [0.25, 0.3) is 0 Å². The molecule has 2 aromatic rings. The molecular weight excluding hydrogens is 298 g/mol. The summed E-state index contributed by atoms with van der Waals surface area (Å²) in [5.41, 5.74) is 3.15. The van der Waals surface area contributed by atoms with E-state index < -0.39 is 5.97 Å². The van der Waals surface area contributed by atoms with Gasteiger partial charge >= 0.3 is 5.97 Å². The van der Waals surface area contributed by atoms with Gasteiger partial charge in [0.15, 0.2) is 11.7 Å². The summed E-state index contributed by atoms with van der Waals surface area (Å²) in [7, 11) is 0. The topological polar surface area (TPSA) is 63.3 Å². The van der Waals surface area contributed by atoms with E-state index in [2.05, 4.69) is 27.0 Å². The predicted octanol–water partition coefficient (Wildman–Crippen LogP) is 3.03. The molecule has 0 aliphatic heterocycles. The van der Waals surface area contributed by atoms with Gasteiger partial charge in [0.05, 0.1) is 12.1 Å². The molecule has 1 aromatic carbocycles. The van der Waals surface area contributed by atoms with Crippen molar-refractivity contribution in [2.45, 2.75) is 19.3 Å². The second-order valence-electron chi connectivity index (χ2n) is 4.26. The highest BCUT2D eigenvalue weighted by Crippen LogP contribution is 2.38. The van der Waals surface area contributed by atoms with E-state index in [1.165, 1.54) is 5.56 Å². The molecule has 1 aliphatic rings. The van der Waals surface area contributed by atoms with Crippen molar-refractivity contribution in [3.8, 4) is 11.3 Å². The summed E-state index contributed by atoms with van der Waals surface area (Å²) >= 11 is 3.44. The van der Waals surface area contributed by atoms with Crippen molar-refractivity contribution in [1.82, 2.24) is 4.98 Å². The Bertz CT molecular complexity index is 633. The van der Waals surface area contributed by atoms with E-state index in [1.807, 2.05) is 12.1 Å². The van der Waals surface area contributed by atoms with Crippen LogP contribution in [0.4, 0.5) is 0 Å². The Hall–Kier alpha value is -1.62. The fourth-order valence-electron chi connectivity index (χ4n) is 2.16. The van der Waals surface area contributed by atoms with Gasteiger partial charge in [0.1, 0.15) is 0 Å². The number of hydrogen-bond donors (Lipinski definition) is 1. The first-order chi connectivity index (χ1) is 8.63. The zero-order chi connectivity index (χ0) is 12.7. The molecule has 92 valence electrons. The van der Waals surface area contributed by atoms with Crippen LogP contribution in [-0.2, 0) is 17.6 Å². The lowest BCUT2D eigenvalue weighted by molar-refractivity contribution is -0.137. The van der Waals surface area contributed by atoms with Crippen LogP contribution >= 0.6 is 15.9 Å². The number of carbonyl (C=O) groups is 1. The molecule has 0 atom stereocenters. The van der Waals surface area contributed by atoms with Crippen LogP contribution in [0.1, 0.15) is 23.6 Å². The molecule has 4 nitrogen and oxygen atoms in total. The first kappa shape index (κ1) is 11.5. The number of rotatable bonds is 3. The Labute approximate surface area is 112 Å². The second-order valence-corrected chi connectivity index (χ2v) is 5.17. The maximum absolute atomic E-state index is 10.5. The number of carboxylic acids is 1. The predicted molar refractivity (Wildman–Crippen MR) is 68.4 cm³/mol. The van der Waals surface area contributed by atoms with E-state index in [9.17, 15) is 4.79 Å². The maximum atomic E-state index is 10.5. The average molecular weight is 308 g/mol. The van der Waals surface area contributed by atoms with Gasteiger partial charge < -0.3 is 9.52 Å². The third kappa shape index (κ3) is 1.95. The van der Waals surface area contributed by atoms with Crippen molar-refractivity contribution in [2.75, 3.05) is 0 Å². The molecule has 0 radical (unpaired) electrons. The largest absolute Gasteiger partial charge is 0.481 e. The molecular formula is C13H10BrNO3. The molecule has 0 unspecified atom stereocenters. The van der Waals surface area contributed by atoms with E-state index in [-0.39, 0.29) is 6.42 Å². The molecule has 1 aliphatic carbocycles. The zero-order valence-corrected chi connectivity index (χ0v) is 11.0. The molecule has 0 saturated carbocycles. The number of hydrogen-bond acceptors (Lipinski definition) is 3. The average Bonchev–Trinajstić information content (AvgIpc) is 2.82. The summed E-state index contributed by atoms with van der Waals surface area (Å²) in [5, 5.41) is 8.64. The van der Waals surface area contributed by atoms with Crippen molar-refractivity contribution in [1.29, 1.82) is 0 Å². The normalized spacial score (nSPS) is 12.3. The molecule has 0 saturated heterocycles. The van der Waals surface area contributed by atoms with Crippen LogP contribution in [-0.4, -0.2) is 16.1 Å². The van der Waals surface area contributed by atoms with Crippen LogP contribution in [0.3, 0.4) is 0 Å². The Kier molecular flexibility index (Phi) is 2.70. The van der Waals surface area contributed by atoms with Crippen molar-refractivity contribution in [3.63, 3.8) is 0 Å². The summed E-state index contributed by atoms with van der Waals surface area (Å²) in [6, 6.07) is 6.02. The summed E-state index contributed by atoms with van der Waals surface area (Å²) in [4.78, 5) is 14.9. The van der Waals surface area contributed by atoms with Crippen LogP contribution < -0.4 is 0 Å². The number of nitrogens with zero attached hydrogens (tertiary/aromatic N) is 1. The fourth-order valence-corrected chi connectivity index (χ4v) is 2.57. The molecule has 1 heterocycles. The van der Waals surface area contributed by atoms with Crippen LogP contribution in [0, 0.1) is 0 Å². The van der Waals surface area contributed by atoms with E-state index in [0.29, 0.717) is 12.3 Å². The Balaban J connectivity index is 1.91. The van der Waals surface area contributed by atoms with Crippen molar-refractivity contribution in [3.05, 3.63) is 39.8 Å². The Morgan fingerprint density at radius 1 is 1.50 bits per heavy atom. The number of carboxylic acid groups (broad SMARTS) is 1. The Morgan fingerprint density at radius 2 is 2.33 bits per heavy atom. The van der Waals surface area contributed by atoms with E-state index in [1.54, 1.807) is 0 Å². The third-order valence-corrected chi connectivity index (χ3v) is 3.46. The lowest BCUT2D eigenvalue weighted by Crippen LogP contribution is -1.98. The summed E-state index contributed by atoms with van der Waals surface area (Å²) < 4.78 is 6.69. The quantitative estimate of drug-likeness (QED) is 0.808. The van der Waals surface area contributed by atoms with Crippen LogP contribution in [0.25, 0.3) is 11.3 Å². The molecule has 0 spiro atoms. The third-order valence-electron chi connectivity index (χ3n) is 2.96. The monoisotopic (exact) mass is 307 g/mol. The number of halogens is 1. The number of fused-ring (bicyclic) bond motifs is 3.